The van der Waals surface area contributed by atoms with Crippen molar-refractivity contribution in [2.45, 2.75) is 51.2 Å². The Morgan fingerprint density at radius 3 is 2.73 bits per heavy atom. The SMILES string of the molecule is CCNC(=NCC(C)CN1CCCCC1)NCC1CCCS1. The molecule has 2 rings (SSSR count). The third-order valence-corrected chi connectivity index (χ3v) is 5.84. The fraction of sp³-hybridized carbons (Fsp3) is 0.941. The van der Waals surface area contributed by atoms with Gasteiger partial charge in [0.2, 0.25) is 0 Å². The van der Waals surface area contributed by atoms with Gasteiger partial charge in [0.05, 0.1) is 0 Å². The third-order valence-electron chi connectivity index (χ3n) is 4.45. The van der Waals surface area contributed by atoms with Gasteiger partial charge in [-0.05, 0) is 57.4 Å². The Morgan fingerprint density at radius 2 is 2.05 bits per heavy atom. The molecule has 2 heterocycles. The molecule has 0 saturated carbocycles. The van der Waals surface area contributed by atoms with Gasteiger partial charge in [-0.3, -0.25) is 4.99 Å². The molecule has 5 heteroatoms. The fourth-order valence-corrected chi connectivity index (χ4v) is 4.45. The molecule has 0 spiro atoms. The maximum atomic E-state index is 4.80. The molecule has 4 nitrogen and oxygen atoms in total. The highest BCUT2D eigenvalue weighted by molar-refractivity contribution is 8.00. The van der Waals surface area contributed by atoms with Crippen molar-refractivity contribution in [2.24, 2.45) is 10.9 Å². The minimum Gasteiger partial charge on any atom is -0.357 e. The zero-order chi connectivity index (χ0) is 15.6. The third kappa shape index (κ3) is 6.78. The maximum Gasteiger partial charge on any atom is 0.191 e. The minimum atomic E-state index is 0.634. The van der Waals surface area contributed by atoms with Crippen LogP contribution in [0.1, 0.15) is 46.0 Å². The molecule has 0 aromatic carbocycles. The van der Waals surface area contributed by atoms with Gasteiger partial charge in [-0.15, -0.1) is 0 Å². The van der Waals surface area contributed by atoms with E-state index in [4.69, 9.17) is 4.99 Å². The van der Waals surface area contributed by atoms with E-state index >= 15 is 0 Å². The van der Waals surface area contributed by atoms with Crippen molar-refractivity contribution in [2.75, 3.05) is 45.0 Å². The molecule has 2 N–H and O–H groups in total. The monoisotopic (exact) mass is 326 g/mol. The summed E-state index contributed by atoms with van der Waals surface area (Å²) in [5.74, 6) is 2.96. The van der Waals surface area contributed by atoms with E-state index in [0.717, 1.165) is 30.8 Å². The molecule has 0 amide bonds. The summed E-state index contributed by atoms with van der Waals surface area (Å²) in [7, 11) is 0. The van der Waals surface area contributed by atoms with Gasteiger partial charge in [0.15, 0.2) is 5.96 Å². The molecule has 128 valence electrons. The highest BCUT2D eigenvalue weighted by atomic mass is 32.2. The number of likely N-dealkylation sites (tertiary alicyclic amines) is 1. The summed E-state index contributed by atoms with van der Waals surface area (Å²) in [5, 5.41) is 7.68. The van der Waals surface area contributed by atoms with E-state index in [2.05, 4.69) is 41.1 Å². The molecule has 0 aromatic rings. The number of hydrogen-bond donors (Lipinski definition) is 2. The van der Waals surface area contributed by atoms with E-state index < -0.39 is 0 Å². The number of aliphatic imine (C=N–C) groups is 1. The average molecular weight is 327 g/mol. The summed E-state index contributed by atoms with van der Waals surface area (Å²) < 4.78 is 0. The standard InChI is InChI=1S/C17H34N4S/c1-3-18-17(20-13-16-8-7-11-22-16)19-12-15(2)14-21-9-5-4-6-10-21/h15-16H,3-14H2,1-2H3,(H2,18,19,20). The number of rotatable bonds is 7. The van der Waals surface area contributed by atoms with Crippen molar-refractivity contribution in [1.29, 1.82) is 0 Å². The number of piperidine rings is 1. The van der Waals surface area contributed by atoms with Crippen LogP contribution in [-0.2, 0) is 0 Å². The topological polar surface area (TPSA) is 39.7 Å². The predicted octanol–water partition coefficient (Wildman–Crippen LogP) is 2.56. The summed E-state index contributed by atoms with van der Waals surface area (Å²) >= 11 is 2.10. The van der Waals surface area contributed by atoms with Gasteiger partial charge >= 0.3 is 0 Å². The van der Waals surface area contributed by atoms with Crippen molar-refractivity contribution >= 4 is 17.7 Å². The molecule has 2 aliphatic rings. The van der Waals surface area contributed by atoms with Crippen LogP contribution in [0.15, 0.2) is 4.99 Å². The van der Waals surface area contributed by atoms with Crippen LogP contribution in [0.3, 0.4) is 0 Å². The maximum absolute atomic E-state index is 4.80. The molecule has 22 heavy (non-hydrogen) atoms. The molecule has 2 atom stereocenters. The van der Waals surface area contributed by atoms with Gasteiger partial charge in [0, 0.05) is 31.4 Å². The second-order valence-corrected chi connectivity index (χ2v) is 8.11. The molecule has 0 aliphatic carbocycles. The number of nitrogens with zero attached hydrogens (tertiary/aromatic N) is 2. The smallest absolute Gasteiger partial charge is 0.191 e. The Kier molecular flexibility index (Phi) is 8.45. The summed E-state index contributed by atoms with van der Waals surface area (Å²) in [6.07, 6.45) is 6.88. The lowest BCUT2D eigenvalue weighted by Gasteiger charge is -2.28. The summed E-state index contributed by atoms with van der Waals surface area (Å²) in [6, 6.07) is 0. The van der Waals surface area contributed by atoms with E-state index in [0.29, 0.717) is 5.92 Å². The van der Waals surface area contributed by atoms with Gasteiger partial charge in [-0.1, -0.05) is 13.3 Å². The molecule has 0 bridgehead atoms. The minimum absolute atomic E-state index is 0.634. The quantitative estimate of drug-likeness (QED) is 0.557. The lowest BCUT2D eigenvalue weighted by atomic mass is 10.1. The average Bonchev–Trinajstić information content (AvgIpc) is 3.04. The zero-order valence-corrected chi connectivity index (χ0v) is 15.3. The van der Waals surface area contributed by atoms with Crippen LogP contribution in [0, 0.1) is 5.92 Å². The van der Waals surface area contributed by atoms with Crippen LogP contribution >= 0.6 is 11.8 Å². The first kappa shape index (κ1) is 17.9. The molecule has 2 saturated heterocycles. The van der Waals surface area contributed by atoms with Crippen LogP contribution in [-0.4, -0.2) is 61.1 Å². The van der Waals surface area contributed by atoms with Crippen molar-refractivity contribution in [3.8, 4) is 0 Å². The largest absolute Gasteiger partial charge is 0.357 e. The lowest BCUT2D eigenvalue weighted by Crippen LogP contribution is -2.41. The molecular weight excluding hydrogens is 292 g/mol. The van der Waals surface area contributed by atoms with Crippen LogP contribution in [0.25, 0.3) is 0 Å². The van der Waals surface area contributed by atoms with E-state index in [1.54, 1.807) is 0 Å². The number of hydrogen-bond acceptors (Lipinski definition) is 3. The Morgan fingerprint density at radius 1 is 1.23 bits per heavy atom. The first-order valence-corrected chi connectivity index (χ1v) is 10.2. The van der Waals surface area contributed by atoms with Gasteiger partial charge < -0.3 is 15.5 Å². The molecule has 2 fully saturated rings. The van der Waals surface area contributed by atoms with E-state index in [9.17, 15) is 0 Å². The van der Waals surface area contributed by atoms with Crippen LogP contribution < -0.4 is 10.6 Å². The Bertz CT molecular complexity index is 323. The lowest BCUT2D eigenvalue weighted by molar-refractivity contribution is 0.203. The summed E-state index contributed by atoms with van der Waals surface area (Å²) in [4.78, 5) is 7.41. The second-order valence-electron chi connectivity index (χ2n) is 6.70. The Hall–Kier alpha value is -0.420. The summed E-state index contributed by atoms with van der Waals surface area (Å²) in [5.41, 5.74) is 0. The second kappa shape index (κ2) is 10.4. The van der Waals surface area contributed by atoms with E-state index in [1.807, 2.05) is 0 Å². The normalized spacial score (nSPS) is 25.2. The zero-order valence-electron chi connectivity index (χ0n) is 14.4. The summed E-state index contributed by atoms with van der Waals surface area (Å²) in [6.45, 7) is 11.1. The first-order chi connectivity index (χ1) is 10.8. The van der Waals surface area contributed by atoms with Crippen LogP contribution in [0.2, 0.25) is 0 Å². The first-order valence-electron chi connectivity index (χ1n) is 9.14. The molecule has 2 aliphatic heterocycles. The van der Waals surface area contributed by atoms with Gasteiger partial charge in [-0.2, -0.15) is 11.8 Å². The number of nitrogens with one attached hydrogen (secondary N) is 2. The van der Waals surface area contributed by atoms with E-state index in [-0.39, 0.29) is 0 Å². The van der Waals surface area contributed by atoms with Crippen molar-refractivity contribution in [1.82, 2.24) is 15.5 Å². The Labute approximate surface area is 140 Å². The Balaban J connectivity index is 1.70. The number of guanidine groups is 1. The van der Waals surface area contributed by atoms with Crippen molar-refractivity contribution in [3.05, 3.63) is 0 Å². The predicted molar refractivity (Wildman–Crippen MR) is 98.9 cm³/mol. The number of thioether (sulfide) groups is 1. The molecular formula is C17H34N4S. The highest BCUT2D eigenvalue weighted by Gasteiger charge is 2.16. The molecule has 0 radical (unpaired) electrons. The molecule has 0 aromatic heterocycles. The van der Waals surface area contributed by atoms with Crippen molar-refractivity contribution < 1.29 is 0 Å². The fourth-order valence-electron chi connectivity index (χ4n) is 3.25. The molecule has 2 unspecified atom stereocenters. The van der Waals surface area contributed by atoms with Crippen molar-refractivity contribution in [3.63, 3.8) is 0 Å². The van der Waals surface area contributed by atoms with Gasteiger partial charge in [0.1, 0.15) is 0 Å². The van der Waals surface area contributed by atoms with Crippen LogP contribution in [0.5, 0.6) is 0 Å². The van der Waals surface area contributed by atoms with Gasteiger partial charge in [0.25, 0.3) is 0 Å². The highest BCUT2D eigenvalue weighted by Crippen LogP contribution is 2.25. The van der Waals surface area contributed by atoms with E-state index in [1.165, 1.54) is 57.5 Å². The van der Waals surface area contributed by atoms with Crippen LogP contribution in [0.4, 0.5) is 0 Å². The van der Waals surface area contributed by atoms with Gasteiger partial charge in [-0.25, -0.2) is 0 Å².